The molecule has 0 saturated carbocycles. The molecule has 0 spiro atoms. The number of aromatic nitrogens is 1. The average molecular weight is 397 g/mol. The van der Waals surface area contributed by atoms with Crippen LogP contribution in [0, 0.1) is 11.3 Å². The van der Waals surface area contributed by atoms with E-state index < -0.39 is 0 Å². The Labute approximate surface area is 168 Å². The summed E-state index contributed by atoms with van der Waals surface area (Å²) >= 11 is 5.57. The van der Waals surface area contributed by atoms with E-state index in [0.29, 0.717) is 31.0 Å². The third-order valence-corrected chi connectivity index (χ3v) is 4.60. The van der Waals surface area contributed by atoms with Gasteiger partial charge in [-0.15, -0.1) is 11.6 Å². The van der Waals surface area contributed by atoms with Crippen molar-refractivity contribution in [1.29, 1.82) is 5.26 Å². The minimum absolute atomic E-state index is 0.291. The molecule has 0 atom stereocenters. The van der Waals surface area contributed by atoms with E-state index >= 15 is 0 Å². The minimum Gasteiger partial charge on any atom is -0.497 e. The number of anilines is 1. The number of aromatic amines is 1. The third kappa shape index (κ3) is 4.38. The van der Waals surface area contributed by atoms with E-state index in [1.165, 1.54) is 0 Å². The van der Waals surface area contributed by atoms with Crippen LogP contribution in [0.15, 0.2) is 42.5 Å². The quantitative estimate of drug-likeness (QED) is 0.507. The van der Waals surface area contributed by atoms with Crippen LogP contribution in [0.1, 0.15) is 12.0 Å². The number of nitrogens with zero attached hydrogens (tertiary/aromatic N) is 1. The van der Waals surface area contributed by atoms with Gasteiger partial charge in [0.1, 0.15) is 5.75 Å². The minimum atomic E-state index is -0.291. The first-order valence-corrected chi connectivity index (χ1v) is 9.46. The van der Waals surface area contributed by atoms with Crippen molar-refractivity contribution in [2.45, 2.75) is 12.8 Å². The fourth-order valence-electron chi connectivity index (χ4n) is 3.10. The number of nitriles is 1. The molecule has 0 unspecified atom stereocenters. The van der Waals surface area contributed by atoms with Crippen LogP contribution in [0.2, 0.25) is 0 Å². The Hall–Kier alpha value is -3.17. The predicted molar refractivity (Wildman–Crippen MR) is 112 cm³/mol. The maximum atomic E-state index is 11.7. The third-order valence-electron chi connectivity index (χ3n) is 4.41. The zero-order chi connectivity index (χ0) is 19.9. The van der Waals surface area contributed by atoms with Crippen LogP contribution in [0.3, 0.4) is 0 Å². The molecule has 2 aromatic carbocycles. The highest BCUT2D eigenvalue weighted by Crippen LogP contribution is 2.33. The first-order chi connectivity index (χ1) is 13.7. The van der Waals surface area contributed by atoms with Gasteiger partial charge in [0.05, 0.1) is 13.2 Å². The summed E-state index contributed by atoms with van der Waals surface area (Å²) in [5.41, 5.74) is 4.70. The van der Waals surface area contributed by atoms with Gasteiger partial charge in [0.2, 0.25) is 0 Å². The summed E-state index contributed by atoms with van der Waals surface area (Å²) in [5, 5.41) is 15.5. The number of fused-ring (bicyclic) bond motifs is 1. The van der Waals surface area contributed by atoms with Crippen molar-refractivity contribution in [3.63, 3.8) is 0 Å². The molecule has 144 valence electrons. The molecule has 0 saturated heterocycles. The number of methoxy groups -OCH3 is 1. The van der Waals surface area contributed by atoms with Crippen molar-refractivity contribution in [2.24, 2.45) is 0 Å². The van der Waals surface area contributed by atoms with Crippen molar-refractivity contribution in [1.82, 2.24) is 10.3 Å². The number of H-pyrrole nitrogens is 1. The highest BCUT2D eigenvalue weighted by atomic mass is 35.5. The molecule has 3 N–H and O–H groups in total. The van der Waals surface area contributed by atoms with Crippen LogP contribution in [0.5, 0.6) is 5.75 Å². The van der Waals surface area contributed by atoms with Crippen molar-refractivity contribution in [3.8, 4) is 23.1 Å². The lowest BCUT2D eigenvalue weighted by Gasteiger charge is -2.08. The number of benzene rings is 2. The molecule has 2 amide bonds. The number of rotatable bonds is 7. The van der Waals surface area contributed by atoms with Gasteiger partial charge in [0, 0.05) is 47.2 Å². The van der Waals surface area contributed by atoms with E-state index in [9.17, 15) is 4.79 Å². The maximum absolute atomic E-state index is 11.7. The first-order valence-electron chi connectivity index (χ1n) is 8.93. The van der Waals surface area contributed by atoms with Crippen LogP contribution in [-0.2, 0) is 6.42 Å². The fourth-order valence-corrected chi connectivity index (χ4v) is 3.20. The topological polar surface area (TPSA) is 89.9 Å². The second-order valence-corrected chi connectivity index (χ2v) is 6.57. The van der Waals surface area contributed by atoms with Crippen molar-refractivity contribution in [3.05, 3.63) is 48.0 Å². The van der Waals surface area contributed by atoms with E-state index in [2.05, 4.69) is 21.7 Å². The second-order valence-electron chi connectivity index (χ2n) is 6.20. The number of amides is 2. The van der Waals surface area contributed by atoms with Crippen LogP contribution in [0.25, 0.3) is 22.2 Å². The van der Waals surface area contributed by atoms with Crippen molar-refractivity contribution >= 4 is 34.2 Å². The Morgan fingerprint density at radius 2 is 2.04 bits per heavy atom. The molecule has 6 nitrogen and oxygen atoms in total. The van der Waals surface area contributed by atoms with Crippen LogP contribution >= 0.6 is 11.6 Å². The molecular formula is C21H21ClN4O2. The SMILES string of the molecule is COc1ccc2c(CCC#N)c(-c3ccc(NC(=O)NCCCl)cc3)[nH]c2c1. The van der Waals surface area contributed by atoms with Crippen LogP contribution in [-0.4, -0.2) is 30.5 Å². The number of hydrogen-bond donors (Lipinski definition) is 3. The summed E-state index contributed by atoms with van der Waals surface area (Å²) in [6.07, 6.45) is 1.09. The van der Waals surface area contributed by atoms with Gasteiger partial charge in [-0.05, 0) is 41.8 Å². The highest BCUT2D eigenvalue weighted by molar-refractivity contribution is 6.18. The van der Waals surface area contributed by atoms with Gasteiger partial charge >= 0.3 is 6.03 Å². The first kappa shape index (κ1) is 19.6. The molecule has 0 fully saturated rings. The smallest absolute Gasteiger partial charge is 0.319 e. The number of alkyl halides is 1. The van der Waals surface area contributed by atoms with Crippen LogP contribution in [0.4, 0.5) is 10.5 Å². The number of carbonyl (C=O) groups excluding carboxylic acids is 1. The number of halogens is 1. The molecule has 0 aliphatic rings. The molecule has 0 radical (unpaired) electrons. The molecule has 0 aliphatic heterocycles. The standard InChI is InChI=1S/C21H21ClN4O2/c1-28-16-8-9-17-18(3-2-11-23)20(26-19(17)13-16)14-4-6-15(7-5-14)25-21(27)24-12-10-22/h4-9,13,26H,2-3,10,12H2,1H3,(H2,24,25,27). The number of ether oxygens (including phenoxy) is 1. The highest BCUT2D eigenvalue weighted by Gasteiger charge is 2.14. The van der Waals surface area contributed by atoms with E-state index in [1.807, 2.05) is 42.5 Å². The number of aryl methyl sites for hydroxylation is 1. The predicted octanol–water partition coefficient (Wildman–Crippen LogP) is 4.66. The van der Waals surface area contributed by atoms with E-state index in [0.717, 1.165) is 33.5 Å². The van der Waals surface area contributed by atoms with Gasteiger partial charge in [-0.25, -0.2) is 4.79 Å². The Morgan fingerprint density at radius 3 is 2.71 bits per heavy atom. The van der Waals surface area contributed by atoms with Gasteiger partial charge in [-0.3, -0.25) is 0 Å². The summed E-state index contributed by atoms with van der Waals surface area (Å²) in [6, 6.07) is 15.4. The van der Waals surface area contributed by atoms with E-state index in [-0.39, 0.29) is 6.03 Å². The molecule has 1 aromatic heterocycles. The average Bonchev–Trinajstić information content (AvgIpc) is 3.08. The van der Waals surface area contributed by atoms with Gasteiger partial charge in [0.25, 0.3) is 0 Å². The van der Waals surface area contributed by atoms with Gasteiger partial charge in [-0.2, -0.15) is 5.26 Å². The summed E-state index contributed by atoms with van der Waals surface area (Å²) in [5.74, 6) is 1.14. The summed E-state index contributed by atoms with van der Waals surface area (Å²) in [7, 11) is 1.64. The lowest BCUT2D eigenvalue weighted by molar-refractivity contribution is 0.252. The Morgan fingerprint density at radius 1 is 1.25 bits per heavy atom. The summed E-state index contributed by atoms with van der Waals surface area (Å²) in [6.45, 7) is 0.409. The summed E-state index contributed by atoms with van der Waals surface area (Å²) in [4.78, 5) is 15.2. The van der Waals surface area contributed by atoms with Crippen LogP contribution < -0.4 is 15.4 Å². The molecule has 1 heterocycles. The lowest BCUT2D eigenvalue weighted by atomic mass is 10.0. The molecule has 3 rings (SSSR count). The van der Waals surface area contributed by atoms with E-state index in [1.54, 1.807) is 7.11 Å². The molecule has 0 aliphatic carbocycles. The van der Waals surface area contributed by atoms with Gasteiger partial charge < -0.3 is 20.4 Å². The lowest BCUT2D eigenvalue weighted by Crippen LogP contribution is -2.30. The monoisotopic (exact) mass is 396 g/mol. The zero-order valence-corrected chi connectivity index (χ0v) is 16.3. The molecule has 7 heteroatoms. The van der Waals surface area contributed by atoms with Gasteiger partial charge in [-0.1, -0.05) is 12.1 Å². The second kappa shape index (κ2) is 9.16. The van der Waals surface area contributed by atoms with E-state index in [4.69, 9.17) is 21.6 Å². The Bertz CT molecular complexity index is 1010. The normalized spacial score (nSPS) is 10.5. The largest absolute Gasteiger partial charge is 0.497 e. The van der Waals surface area contributed by atoms with Gasteiger partial charge in [0.15, 0.2) is 0 Å². The van der Waals surface area contributed by atoms with Crippen molar-refractivity contribution in [2.75, 3.05) is 24.9 Å². The van der Waals surface area contributed by atoms with Crippen molar-refractivity contribution < 1.29 is 9.53 Å². The number of urea groups is 1. The number of hydrogen-bond acceptors (Lipinski definition) is 3. The fraction of sp³-hybridized carbons (Fsp3) is 0.238. The number of nitrogens with one attached hydrogen (secondary N) is 3. The molecular weight excluding hydrogens is 376 g/mol. The molecule has 28 heavy (non-hydrogen) atoms. The zero-order valence-electron chi connectivity index (χ0n) is 15.5. The Balaban J connectivity index is 1.91. The molecule has 3 aromatic rings. The number of carbonyl (C=O) groups is 1. The maximum Gasteiger partial charge on any atom is 0.319 e. The molecule has 0 bridgehead atoms. The summed E-state index contributed by atoms with van der Waals surface area (Å²) < 4.78 is 5.31. The Kier molecular flexibility index (Phi) is 6.41.